The van der Waals surface area contributed by atoms with Gasteiger partial charge in [0.2, 0.25) is 10.0 Å². The van der Waals surface area contributed by atoms with Crippen LogP contribution in [0.3, 0.4) is 0 Å². The van der Waals surface area contributed by atoms with Gasteiger partial charge in [0.15, 0.2) is 0 Å². The molecule has 1 saturated heterocycles. The molecule has 2 unspecified atom stereocenters. The van der Waals surface area contributed by atoms with Crippen molar-refractivity contribution >= 4 is 27.8 Å². The summed E-state index contributed by atoms with van der Waals surface area (Å²) in [5.74, 6) is 1.24. The molecule has 1 fully saturated rings. The Balaban J connectivity index is 2.32. The fourth-order valence-corrected chi connectivity index (χ4v) is 4.12. The van der Waals surface area contributed by atoms with E-state index in [1.807, 2.05) is 0 Å². The molecule has 0 saturated carbocycles. The van der Waals surface area contributed by atoms with Crippen LogP contribution < -0.4 is 5.73 Å². The molecule has 2 N–H and O–H groups in total. The van der Waals surface area contributed by atoms with Crippen LogP contribution in [0.2, 0.25) is 0 Å². The second-order valence-corrected chi connectivity index (χ2v) is 7.85. The zero-order valence-corrected chi connectivity index (χ0v) is 13.0. The number of methoxy groups -OCH3 is 1. The van der Waals surface area contributed by atoms with Crippen LogP contribution in [0, 0.1) is 5.92 Å². The van der Waals surface area contributed by atoms with E-state index in [4.69, 9.17) is 5.73 Å². The molecule has 2 atom stereocenters. The summed E-state index contributed by atoms with van der Waals surface area (Å²) in [6.07, 6.45) is 3.16. The Hall–Kier alpha value is -0.310. The van der Waals surface area contributed by atoms with Crippen LogP contribution in [0.5, 0.6) is 0 Å². The van der Waals surface area contributed by atoms with E-state index < -0.39 is 22.0 Å². The van der Waals surface area contributed by atoms with E-state index in [0.29, 0.717) is 24.8 Å². The van der Waals surface area contributed by atoms with E-state index >= 15 is 0 Å². The number of hydrogen-bond acceptors (Lipinski definition) is 6. The minimum atomic E-state index is -3.09. The number of nitrogens with two attached hydrogens (primary N) is 1. The van der Waals surface area contributed by atoms with Crippen LogP contribution in [0.4, 0.5) is 0 Å². The number of hydrogen-bond donors (Lipinski definition) is 1. The van der Waals surface area contributed by atoms with Gasteiger partial charge in [-0.05, 0) is 24.5 Å². The fraction of sp³-hybridized carbons (Fsp3) is 0.909. The smallest absolute Gasteiger partial charge is 0.323 e. The normalized spacial score (nSPS) is 23.0. The number of carbonyl (C=O) groups is 1. The van der Waals surface area contributed by atoms with Crippen LogP contribution >= 0.6 is 11.8 Å². The highest BCUT2D eigenvalue weighted by molar-refractivity contribution is 7.99. The van der Waals surface area contributed by atoms with Gasteiger partial charge in [-0.3, -0.25) is 4.79 Å². The van der Waals surface area contributed by atoms with Gasteiger partial charge >= 0.3 is 5.97 Å². The molecule has 19 heavy (non-hydrogen) atoms. The number of nitrogens with zero attached hydrogens (tertiary/aromatic N) is 1. The zero-order chi connectivity index (χ0) is 14.5. The summed E-state index contributed by atoms with van der Waals surface area (Å²) in [7, 11) is -1.77. The molecule has 0 aromatic carbocycles. The van der Waals surface area contributed by atoms with E-state index in [0.717, 1.165) is 18.6 Å². The molecule has 0 aromatic rings. The van der Waals surface area contributed by atoms with E-state index in [9.17, 15) is 13.2 Å². The Morgan fingerprint density at radius 3 is 2.84 bits per heavy atom. The van der Waals surface area contributed by atoms with Crippen molar-refractivity contribution in [2.45, 2.75) is 18.9 Å². The summed E-state index contributed by atoms with van der Waals surface area (Å²) < 4.78 is 29.0. The third-order valence-corrected chi connectivity index (χ3v) is 5.68. The van der Waals surface area contributed by atoms with Crippen LogP contribution in [0.1, 0.15) is 12.8 Å². The molecule has 0 aliphatic carbocycles. The van der Waals surface area contributed by atoms with Gasteiger partial charge < -0.3 is 10.5 Å². The Kier molecular flexibility index (Phi) is 6.58. The molecular formula is C11H22N2O4S2. The van der Waals surface area contributed by atoms with Crippen molar-refractivity contribution in [3.05, 3.63) is 0 Å². The second kappa shape index (κ2) is 7.47. The highest BCUT2D eigenvalue weighted by Crippen LogP contribution is 2.22. The number of sulfonamides is 1. The molecule has 1 aliphatic heterocycles. The minimum absolute atomic E-state index is 0.332. The monoisotopic (exact) mass is 310 g/mol. The third-order valence-electron chi connectivity index (χ3n) is 3.11. The van der Waals surface area contributed by atoms with Gasteiger partial charge in [0.25, 0.3) is 0 Å². The molecule has 0 amide bonds. The zero-order valence-electron chi connectivity index (χ0n) is 11.4. The highest BCUT2D eigenvalue weighted by Gasteiger charge is 2.26. The fourth-order valence-electron chi connectivity index (χ4n) is 2.05. The lowest BCUT2D eigenvalue weighted by molar-refractivity contribution is -0.141. The lowest BCUT2D eigenvalue weighted by atomic mass is 10.0. The number of ether oxygens (including phenoxy) is 1. The molecule has 0 aromatic heterocycles. The highest BCUT2D eigenvalue weighted by atomic mass is 32.2. The second-order valence-electron chi connectivity index (χ2n) is 4.80. The minimum Gasteiger partial charge on any atom is -0.468 e. The van der Waals surface area contributed by atoms with Gasteiger partial charge in [0.05, 0.1) is 13.4 Å². The molecule has 1 aliphatic rings. The van der Waals surface area contributed by atoms with Crippen molar-refractivity contribution in [3.63, 3.8) is 0 Å². The van der Waals surface area contributed by atoms with Gasteiger partial charge in [0, 0.05) is 18.8 Å². The third kappa shape index (κ3) is 5.68. The molecule has 0 spiro atoms. The molecule has 0 bridgehead atoms. The standard InChI is InChI=1S/C11H22N2O4S2/c1-17-11(14)10(12)8-18-7-9-4-3-5-13(6-9)19(2,15)16/h9-10H,3-8,12H2,1-2H3. The predicted molar refractivity (Wildman–Crippen MR) is 76.5 cm³/mol. The summed E-state index contributed by atoms with van der Waals surface area (Å²) in [5.41, 5.74) is 5.64. The van der Waals surface area contributed by atoms with Crippen LogP contribution in [0.15, 0.2) is 0 Å². The Bertz CT molecular complexity index is 399. The van der Waals surface area contributed by atoms with E-state index in [-0.39, 0.29) is 0 Å². The van der Waals surface area contributed by atoms with Gasteiger partial charge in [-0.15, -0.1) is 0 Å². The number of rotatable bonds is 6. The largest absolute Gasteiger partial charge is 0.468 e. The quantitative estimate of drug-likeness (QED) is 0.689. The Labute approximate surface area is 119 Å². The molecule has 112 valence electrons. The predicted octanol–water partition coefficient (Wildman–Crippen LogP) is -0.108. The lowest BCUT2D eigenvalue weighted by Crippen LogP contribution is -2.40. The number of carbonyl (C=O) groups excluding carboxylic acids is 1. The first-order chi connectivity index (χ1) is 8.84. The number of esters is 1. The van der Waals surface area contributed by atoms with Crippen molar-refractivity contribution in [2.75, 3.05) is 38.0 Å². The first-order valence-corrected chi connectivity index (χ1v) is 9.21. The average Bonchev–Trinajstić information content (AvgIpc) is 2.37. The molecule has 1 heterocycles. The van der Waals surface area contributed by atoms with E-state index in [1.54, 1.807) is 11.8 Å². The van der Waals surface area contributed by atoms with Gasteiger partial charge in [-0.1, -0.05) is 0 Å². The van der Waals surface area contributed by atoms with Crippen molar-refractivity contribution < 1.29 is 17.9 Å². The maximum atomic E-state index is 11.5. The number of thioether (sulfide) groups is 1. The van der Waals surface area contributed by atoms with E-state index in [2.05, 4.69) is 4.74 Å². The molecule has 0 radical (unpaired) electrons. The van der Waals surface area contributed by atoms with Crippen LogP contribution in [-0.2, 0) is 19.6 Å². The van der Waals surface area contributed by atoms with Gasteiger partial charge in [-0.25, -0.2) is 12.7 Å². The molecular weight excluding hydrogens is 288 g/mol. The summed E-state index contributed by atoms with van der Waals surface area (Å²) in [5, 5.41) is 0. The van der Waals surface area contributed by atoms with Gasteiger partial charge in [0.1, 0.15) is 6.04 Å². The summed E-state index contributed by atoms with van der Waals surface area (Å²) in [6, 6.07) is -0.607. The maximum Gasteiger partial charge on any atom is 0.323 e. The maximum absolute atomic E-state index is 11.5. The van der Waals surface area contributed by atoms with E-state index in [1.165, 1.54) is 17.7 Å². The SMILES string of the molecule is COC(=O)C(N)CSCC1CCCN(S(C)(=O)=O)C1. The topological polar surface area (TPSA) is 89.7 Å². The van der Waals surface area contributed by atoms with Crippen molar-refractivity contribution in [1.29, 1.82) is 0 Å². The van der Waals surface area contributed by atoms with Gasteiger partial charge in [-0.2, -0.15) is 11.8 Å². The van der Waals surface area contributed by atoms with Crippen LogP contribution in [-0.4, -0.2) is 62.7 Å². The first-order valence-electron chi connectivity index (χ1n) is 6.21. The molecule has 8 heteroatoms. The molecule has 6 nitrogen and oxygen atoms in total. The number of piperidine rings is 1. The van der Waals surface area contributed by atoms with Crippen molar-refractivity contribution in [3.8, 4) is 0 Å². The first kappa shape index (κ1) is 16.7. The summed E-state index contributed by atoms with van der Waals surface area (Å²) in [6.45, 7) is 1.18. The lowest BCUT2D eigenvalue weighted by Gasteiger charge is -2.30. The summed E-state index contributed by atoms with van der Waals surface area (Å²) >= 11 is 1.58. The summed E-state index contributed by atoms with van der Waals surface area (Å²) in [4.78, 5) is 11.1. The Morgan fingerprint density at radius 2 is 2.26 bits per heavy atom. The Morgan fingerprint density at radius 1 is 1.58 bits per heavy atom. The van der Waals surface area contributed by atoms with Crippen LogP contribution in [0.25, 0.3) is 0 Å². The average molecular weight is 310 g/mol. The van der Waals surface area contributed by atoms with Crippen molar-refractivity contribution in [1.82, 2.24) is 4.31 Å². The van der Waals surface area contributed by atoms with Crippen molar-refractivity contribution in [2.24, 2.45) is 11.7 Å². The molecule has 1 rings (SSSR count).